The third-order valence-corrected chi connectivity index (χ3v) is 4.61. The molecule has 0 saturated heterocycles. The highest BCUT2D eigenvalue weighted by Gasteiger charge is 2.12. The van der Waals surface area contributed by atoms with Gasteiger partial charge in [-0.05, 0) is 66.7 Å². The molecule has 3 rings (SSSR count). The lowest BCUT2D eigenvalue weighted by atomic mass is 10.1. The smallest absolute Gasteiger partial charge is 0.174 e. The molecule has 0 amide bonds. The summed E-state index contributed by atoms with van der Waals surface area (Å²) in [5.74, 6) is 0. The van der Waals surface area contributed by atoms with Crippen LogP contribution >= 0.6 is 23.8 Å². The second-order valence-electron chi connectivity index (χ2n) is 6.13. The van der Waals surface area contributed by atoms with E-state index in [0.29, 0.717) is 16.7 Å². The molecule has 0 aliphatic heterocycles. The second-order valence-corrected chi connectivity index (χ2v) is 6.96. The molecule has 0 aliphatic carbocycles. The monoisotopic (exact) mass is 381 g/mol. The number of aryl methyl sites for hydroxylation is 1. The van der Waals surface area contributed by atoms with Gasteiger partial charge in [-0.1, -0.05) is 41.4 Å². The molecule has 1 heterocycles. The molecule has 0 fully saturated rings. The Kier molecular flexibility index (Phi) is 6.21. The predicted molar refractivity (Wildman–Crippen MR) is 112 cm³/mol. The molecule has 0 radical (unpaired) electrons. The summed E-state index contributed by atoms with van der Waals surface area (Å²) in [5.41, 5.74) is 4.54. The van der Waals surface area contributed by atoms with Gasteiger partial charge in [-0.2, -0.15) is 0 Å². The number of nitrogens with zero attached hydrogens (tertiary/aromatic N) is 2. The first-order valence-corrected chi connectivity index (χ1v) is 9.15. The maximum absolute atomic E-state index is 5.96. The van der Waals surface area contributed by atoms with Gasteiger partial charge in [-0.3, -0.25) is 4.98 Å². The summed E-state index contributed by atoms with van der Waals surface area (Å²) in [7, 11) is 0. The SMILES string of the molecule is Cc1ccc(CN(Cc2ccncc2)C(=S)Nc2ccc(Cl)cc2)cc1. The summed E-state index contributed by atoms with van der Waals surface area (Å²) in [6, 6.07) is 20.1. The van der Waals surface area contributed by atoms with Crippen LogP contribution in [0, 0.1) is 6.92 Å². The Morgan fingerprint density at radius 2 is 1.50 bits per heavy atom. The van der Waals surface area contributed by atoms with Gasteiger partial charge < -0.3 is 10.2 Å². The van der Waals surface area contributed by atoms with Gasteiger partial charge in [0.25, 0.3) is 0 Å². The van der Waals surface area contributed by atoms with Crippen LogP contribution in [-0.2, 0) is 13.1 Å². The van der Waals surface area contributed by atoms with Crippen molar-refractivity contribution in [3.63, 3.8) is 0 Å². The molecule has 0 bridgehead atoms. The van der Waals surface area contributed by atoms with E-state index in [1.165, 1.54) is 11.1 Å². The number of hydrogen-bond donors (Lipinski definition) is 1. The molecule has 3 aromatic rings. The Balaban J connectivity index is 1.77. The van der Waals surface area contributed by atoms with E-state index in [2.05, 4.69) is 46.4 Å². The van der Waals surface area contributed by atoms with Crippen molar-refractivity contribution in [3.05, 3.63) is 94.8 Å². The molecule has 1 aromatic heterocycles. The fraction of sp³-hybridized carbons (Fsp3) is 0.143. The van der Waals surface area contributed by atoms with E-state index in [1.54, 1.807) is 12.4 Å². The van der Waals surface area contributed by atoms with Gasteiger partial charge in [0.2, 0.25) is 0 Å². The van der Waals surface area contributed by atoms with Crippen molar-refractivity contribution >= 4 is 34.6 Å². The standard InChI is InChI=1S/C21H20ClN3S/c1-16-2-4-17(5-3-16)14-25(15-18-10-12-23-13-11-18)21(26)24-20-8-6-19(22)7-9-20/h2-13H,14-15H2,1H3,(H,24,26). The lowest BCUT2D eigenvalue weighted by molar-refractivity contribution is 0.412. The maximum atomic E-state index is 5.96. The van der Waals surface area contributed by atoms with Crippen molar-refractivity contribution < 1.29 is 0 Å². The van der Waals surface area contributed by atoms with Crippen molar-refractivity contribution in [1.82, 2.24) is 9.88 Å². The van der Waals surface area contributed by atoms with Crippen LogP contribution in [0.2, 0.25) is 5.02 Å². The third kappa shape index (κ3) is 5.28. The summed E-state index contributed by atoms with van der Waals surface area (Å²) in [6.45, 7) is 3.52. The van der Waals surface area contributed by atoms with Gasteiger partial charge in [0, 0.05) is 36.2 Å². The minimum atomic E-state index is 0.671. The van der Waals surface area contributed by atoms with E-state index in [-0.39, 0.29) is 0 Å². The van der Waals surface area contributed by atoms with Gasteiger partial charge in [-0.15, -0.1) is 0 Å². The van der Waals surface area contributed by atoms with Crippen molar-refractivity contribution in [2.75, 3.05) is 5.32 Å². The first-order valence-electron chi connectivity index (χ1n) is 8.36. The van der Waals surface area contributed by atoms with E-state index < -0.39 is 0 Å². The second kappa shape index (κ2) is 8.79. The first kappa shape index (κ1) is 18.4. The van der Waals surface area contributed by atoms with Gasteiger partial charge in [-0.25, -0.2) is 0 Å². The number of benzene rings is 2. The molecule has 0 saturated carbocycles. The van der Waals surface area contributed by atoms with Crippen molar-refractivity contribution in [1.29, 1.82) is 0 Å². The average Bonchev–Trinajstić information content (AvgIpc) is 2.65. The Labute approximate surface area is 164 Å². The van der Waals surface area contributed by atoms with Crippen molar-refractivity contribution in [2.45, 2.75) is 20.0 Å². The fourth-order valence-electron chi connectivity index (χ4n) is 2.56. The van der Waals surface area contributed by atoms with Crippen molar-refractivity contribution in [2.24, 2.45) is 0 Å². The number of rotatable bonds is 5. The summed E-state index contributed by atoms with van der Waals surface area (Å²) < 4.78 is 0. The topological polar surface area (TPSA) is 28.2 Å². The van der Waals surface area contributed by atoms with Crippen LogP contribution in [0.1, 0.15) is 16.7 Å². The minimum Gasteiger partial charge on any atom is -0.340 e. The van der Waals surface area contributed by atoms with Crippen LogP contribution in [0.4, 0.5) is 5.69 Å². The van der Waals surface area contributed by atoms with Gasteiger partial charge in [0.15, 0.2) is 5.11 Å². The Morgan fingerprint density at radius 3 is 2.12 bits per heavy atom. The maximum Gasteiger partial charge on any atom is 0.174 e. The van der Waals surface area contributed by atoms with E-state index in [9.17, 15) is 0 Å². The first-order chi connectivity index (χ1) is 12.6. The van der Waals surface area contributed by atoms with Gasteiger partial charge in [0.1, 0.15) is 0 Å². The van der Waals surface area contributed by atoms with E-state index in [4.69, 9.17) is 23.8 Å². The summed E-state index contributed by atoms with van der Waals surface area (Å²) >= 11 is 11.6. The quantitative estimate of drug-likeness (QED) is 0.595. The summed E-state index contributed by atoms with van der Waals surface area (Å²) in [4.78, 5) is 6.23. The zero-order valence-corrected chi connectivity index (χ0v) is 16.1. The highest BCUT2D eigenvalue weighted by Crippen LogP contribution is 2.16. The molecule has 0 aliphatic rings. The molecule has 5 heteroatoms. The lowest BCUT2D eigenvalue weighted by Crippen LogP contribution is -2.33. The molecule has 0 atom stereocenters. The van der Waals surface area contributed by atoms with Crippen molar-refractivity contribution in [3.8, 4) is 0 Å². The van der Waals surface area contributed by atoms with E-state index in [1.807, 2.05) is 36.4 Å². The van der Waals surface area contributed by atoms with Crippen LogP contribution in [0.3, 0.4) is 0 Å². The van der Waals surface area contributed by atoms with Crippen LogP contribution in [0.25, 0.3) is 0 Å². The fourth-order valence-corrected chi connectivity index (χ4v) is 2.93. The molecular formula is C21H20ClN3S. The molecule has 132 valence electrons. The molecule has 0 unspecified atom stereocenters. The van der Waals surface area contributed by atoms with Crippen LogP contribution in [-0.4, -0.2) is 15.0 Å². The van der Waals surface area contributed by atoms with Crippen LogP contribution < -0.4 is 5.32 Å². The van der Waals surface area contributed by atoms with Gasteiger partial charge in [0.05, 0.1) is 0 Å². The minimum absolute atomic E-state index is 0.671. The number of thiocarbonyl (C=S) groups is 1. The zero-order valence-electron chi connectivity index (χ0n) is 14.5. The number of aromatic nitrogens is 1. The highest BCUT2D eigenvalue weighted by atomic mass is 35.5. The molecule has 0 spiro atoms. The number of anilines is 1. The predicted octanol–water partition coefficient (Wildman–Crippen LogP) is 5.44. The summed E-state index contributed by atoms with van der Waals surface area (Å²) in [5, 5.41) is 4.68. The number of pyridine rings is 1. The molecule has 1 N–H and O–H groups in total. The van der Waals surface area contributed by atoms with Crippen LogP contribution in [0.5, 0.6) is 0 Å². The number of halogens is 1. The number of hydrogen-bond acceptors (Lipinski definition) is 2. The Hall–Kier alpha value is -2.43. The Morgan fingerprint density at radius 1 is 0.923 bits per heavy atom. The summed E-state index contributed by atoms with van der Waals surface area (Å²) in [6.07, 6.45) is 3.60. The molecule has 3 nitrogen and oxygen atoms in total. The average molecular weight is 382 g/mol. The van der Waals surface area contributed by atoms with Crippen LogP contribution in [0.15, 0.2) is 73.1 Å². The molecule has 26 heavy (non-hydrogen) atoms. The lowest BCUT2D eigenvalue weighted by Gasteiger charge is -2.26. The zero-order chi connectivity index (χ0) is 18.4. The number of nitrogens with one attached hydrogen (secondary N) is 1. The van der Waals surface area contributed by atoms with E-state index >= 15 is 0 Å². The molecule has 2 aromatic carbocycles. The normalized spacial score (nSPS) is 10.4. The molecular weight excluding hydrogens is 362 g/mol. The Bertz CT molecular complexity index is 849. The third-order valence-electron chi connectivity index (χ3n) is 4.00. The van der Waals surface area contributed by atoms with E-state index in [0.717, 1.165) is 17.8 Å². The highest BCUT2D eigenvalue weighted by molar-refractivity contribution is 7.80. The van der Waals surface area contributed by atoms with Gasteiger partial charge >= 0.3 is 0 Å². The largest absolute Gasteiger partial charge is 0.340 e.